The number of nitrogens with two attached hydrogens (primary N) is 1. The largest absolute Gasteiger partial charge is 0.493 e. The van der Waals surface area contributed by atoms with E-state index in [0.29, 0.717) is 22.8 Å². The number of nitrogens with zero attached hydrogens (tertiary/aromatic N) is 1. The van der Waals surface area contributed by atoms with Crippen molar-refractivity contribution >= 4 is 23.5 Å². The van der Waals surface area contributed by atoms with Crippen LogP contribution in [0.1, 0.15) is 5.56 Å². The molecule has 0 aliphatic carbocycles. The van der Waals surface area contributed by atoms with E-state index in [1.165, 1.54) is 20.4 Å². The fourth-order valence-electron chi connectivity index (χ4n) is 1.39. The molecule has 0 heterocycles. The second-order valence-electron chi connectivity index (χ2n) is 3.16. The van der Waals surface area contributed by atoms with E-state index in [1.54, 1.807) is 19.2 Å². The van der Waals surface area contributed by atoms with Gasteiger partial charge in [0.1, 0.15) is 0 Å². The highest BCUT2D eigenvalue weighted by atomic mass is 32.1. The van der Waals surface area contributed by atoms with E-state index in [-0.39, 0.29) is 5.11 Å². The van der Waals surface area contributed by atoms with Crippen molar-refractivity contribution in [3.05, 3.63) is 17.7 Å². The van der Waals surface area contributed by atoms with Crippen LogP contribution in [0.25, 0.3) is 0 Å². The number of hydrogen-bond acceptors (Lipinski definition) is 5. The number of methoxy groups -OCH3 is 3. The zero-order valence-electron chi connectivity index (χ0n) is 10.4. The molecule has 1 rings (SSSR count). The standard InChI is InChI=1S/C11H15N3O3S/c1-15-8-5-4-7(6-13-14-11(12)18)9(16-2)10(8)17-3/h4-6H,1-3H3,(H3,12,14,18)/b13-6+. The average molecular weight is 269 g/mol. The first kappa shape index (κ1) is 14.0. The Bertz CT molecular complexity index is 463. The van der Waals surface area contributed by atoms with Crippen molar-refractivity contribution in [1.82, 2.24) is 5.43 Å². The molecule has 0 unspecified atom stereocenters. The Morgan fingerprint density at radius 2 is 1.89 bits per heavy atom. The van der Waals surface area contributed by atoms with Gasteiger partial charge in [-0.25, -0.2) is 0 Å². The van der Waals surface area contributed by atoms with Gasteiger partial charge in [0.05, 0.1) is 27.5 Å². The first-order chi connectivity index (χ1) is 8.63. The molecule has 0 fully saturated rings. The maximum absolute atomic E-state index is 5.28. The van der Waals surface area contributed by atoms with Crippen LogP contribution in [0.5, 0.6) is 17.2 Å². The minimum atomic E-state index is 0.0886. The fraction of sp³-hybridized carbons (Fsp3) is 0.273. The number of thiocarbonyl (C=S) groups is 1. The summed E-state index contributed by atoms with van der Waals surface area (Å²) in [7, 11) is 4.63. The predicted octanol–water partition coefficient (Wildman–Crippen LogP) is 0.880. The monoisotopic (exact) mass is 269 g/mol. The van der Waals surface area contributed by atoms with Gasteiger partial charge in [0.2, 0.25) is 5.75 Å². The van der Waals surface area contributed by atoms with Crippen molar-refractivity contribution in [1.29, 1.82) is 0 Å². The first-order valence-electron chi connectivity index (χ1n) is 5.01. The Morgan fingerprint density at radius 1 is 1.22 bits per heavy atom. The van der Waals surface area contributed by atoms with Crippen molar-refractivity contribution in [2.45, 2.75) is 0 Å². The van der Waals surface area contributed by atoms with Crippen molar-refractivity contribution in [3.8, 4) is 17.2 Å². The molecule has 0 bridgehead atoms. The molecule has 3 N–H and O–H groups in total. The number of benzene rings is 1. The number of hydrogen-bond donors (Lipinski definition) is 2. The number of nitrogens with one attached hydrogen (secondary N) is 1. The lowest BCUT2D eigenvalue weighted by atomic mass is 10.2. The summed E-state index contributed by atoms with van der Waals surface area (Å²) in [5.41, 5.74) is 8.43. The Morgan fingerprint density at radius 3 is 2.39 bits per heavy atom. The van der Waals surface area contributed by atoms with Crippen LogP contribution in [-0.4, -0.2) is 32.7 Å². The molecule has 0 radical (unpaired) electrons. The zero-order valence-corrected chi connectivity index (χ0v) is 11.2. The Kier molecular flexibility index (Phi) is 5.19. The van der Waals surface area contributed by atoms with Crippen molar-refractivity contribution in [3.63, 3.8) is 0 Å². The maximum atomic E-state index is 5.28. The Hall–Kier alpha value is -2.02. The van der Waals surface area contributed by atoms with Gasteiger partial charge in [0, 0.05) is 5.56 Å². The molecule has 98 valence electrons. The summed E-state index contributed by atoms with van der Waals surface area (Å²) in [6.45, 7) is 0. The molecule has 0 aromatic heterocycles. The summed E-state index contributed by atoms with van der Waals surface area (Å²) < 4.78 is 15.7. The molecular weight excluding hydrogens is 254 g/mol. The van der Waals surface area contributed by atoms with Crippen LogP contribution >= 0.6 is 12.2 Å². The molecule has 0 amide bonds. The highest BCUT2D eigenvalue weighted by Crippen LogP contribution is 2.38. The van der Waals surface area contributed by atoms with Gasteiger partial charge in [-0.15, -0.1) is 0 Å². The van der Waals surface area contributed by atoms with Gasteiger partial charge in [0.15, 0.2) is 16.6 Å². The van der Waals surface area contributed by atoms with Gasteiger partial charge in [-0.3, -0.25) is 5.43 Å². The molecular formula is C11H15N3O3S. The normalized spacial score (nSPS) is 10.2. The van der Waals surface area contributed by atoms with Crippen molar-refractivity contribution < 1.29 is 14.2 Å². The lowest BCUT2D eigenvalue weighted by molar-refractivity contribution is 0.324. The molecule has 7 heteroatoms. The van der Waals surface area contributed by atoms with E-state index in [1.807, 2.05) is 0 Å². The van der Waals surface area contributed by atoms with Crippen LogP contribution in [0.15, 0.2) is 17.2 Å². The molecule has 1 aromatic carbocycles. The first-order valence-corrected chi connectivity index (χ1v) is 5.42. The highest BCUT2D eigenvalue weighted by molar-refractivity contribution is 7.80. The van der Waals surface area contributed by atoms with Crippen LogP contribution < -0.4 is 25.4 Å². The molecule has 18 heavy (non-hydrogen) atoms. The van der Waals surface area contributed by atoms with E-state index in [4.69, 9.17) is 19.9 Å². The number of hydrazone groups is 1. The third kappa shape index (κ3) is 3.24. The second-order valence-corrected chi connectivity index (χ2v) is 3.60. The van der Waals surface area contributed by atoms with Crippen LogP contribution in [0.2, 0.25) is 0 Å². The summed E-state index contributed by atoms with van der Waals surface area (Å²) in [5.74, 6) is 1.60. The smallest absolute Gasteiger partial charge is 0.203 e. The predicted molar refractivity (Wildman–Crippen MR) is 73.6 cm³/mol. The van der Waals surface area contributed by atoms with E-state index in [9.17, 15) is 0 Å². The molecule has 0 aliphatic heterocycles. The zero-order chi connectivity index (χ0) is 13.5. The fourth-order valence-corrected chi connectivity index (χ4v) is 1.44. The maximum Gasteiger partial charge on any atom is 0.203 e. The van der Waals surface area contributed by atoms with Gasteiger partial charge >= 0.3 is 0 Å². The summed E-state index contributed by atoms with van der Waals surface area (Å²) in [6, 6.07) is 3.54. The van der Waals surface area contributed by atoms with Gasteiger partial charge < -0.3 is 19.9 Å². The lowest BCUT2D eigenvalue weighted by Gasteiger charge is -2.13. The quantitative estimate of drug-likeness (QED) is 0.469. The van der Waals surface area contributed by atoms with Crippen LogP contribution in [0.4, 0.5) is 0 Å². The molecule has 0 aliphatic rings. The third-order valence-corrected chi connectivity index (χ3v) is 2.20. The molecule has 0 saturated carbocycles. The second kappa shape index (κ2) is 6.65. The number of rotatable bonds is 5. The van der Waals surface area contributed by atoms with Crippen molar-refractivity contribution in [2.24, 2.45) is 10.8 Å². The van der Waals surface area contributed by atoms with E-state index < -0.39 is 0 Å². The SMILES string of the molecule is COc1ccc(/C=N/NC(N)=S)c(OC)c1OC. The van der Waals surface area contributed by atoms with Crippen LogP contribution in [0.3, 0.4) is 0 Å². The van der Waals surface area contributed by atoms with Crippen LogP contribution in [0, 0.1) is 0 Å². The number of ether oxygens (including phenoxy) is 3. The molecule has 1 aromatic rings. The average Bonchev–Trinajstić information content (AvgIpc) is 2.37. The van der Waals surface area contributed by atoms with Crippen molar-refractivity contribution in [2.75, 3.05) is 21.3 Å². The van der Waals surface area contributed by atoms with E-state index in [0.717, 1.165) is 0 Å². The summed E-state index contributed by atoms with van der Waals surface area (Å²) in [4.78, 5) is 0. The molecule has 0 saturated heterocycles. The topological polar surface area (TPSA) is 78.1 Å². The van der Waals surface area contributed by atoms with Gasteiger partial charge in [-0.2, -0.15) is 5.10 Å². The summed E-state index contributed by atoms with van der Waals surface area (Å²) in [5, 5.41) is 3.95. The minimum absolute atomic E-state index is 0.0886. The van der Waals surface area contributed by atoms with E-state index >= 15 is 0 Å². The van der Waals surface area contributed by atoms with Gasteiger partial charge in [0.25, 0.3) is 0 Å². The van der Waals surface area contributed by atoms with Gasteiger partial charge in [-0.05, 0) is 24.4 Å². The lowest BCUT2D eigenvalue weighted by Crippen LogP contribution is -2.24. The van der Waals surface area contributed by atoms with E-state index in [2.05, 4.69) is 22.7 Å². The molecule has 0 atom stereocenters. The molecule has 6 nitrogen and oxygen atoms in total. The highest BCUT2D eigenvalue weighted by Gasteiger charge is 2.14. The minimum Gasteiger partial charge on any atom is -0.493 e. The Labute approximate surface area is 111 Å². The molecule has 0 spiro atoms. The third-order valence-electron chi connectivity index (χ3n) is 2.11. The Balaban J connectivity index is 3.12. The van der Waals surface area contributed by atoms with Gasteiger partial charge in [-0.1, -0.05) is 0 Å². The van der Waals surface area contributed by atoms with Crippen LogP contribution in [-0.2, 0) is 0 Å². The summed E-state index contributed by atoms with van der Waals surface area (Å²) >= 11 is 4.64. The summed E-state index contributed by atoms with van der Waals surface area (Å²) in [6.07, 6.45) is 1.53.